The Morgan fingerprint density at radius 1 is 1.13 bits per heavy atom. The van der Waals surface area contributed by atoms with Gasteiger partial charge in [0, 0.05) is 18.1 Å². The third kappa shape index (κ3) is 5.13. The molecule has 5 nitrogen and oxygen atoms in total. The number of phenols is 1. The van der Waals surface area contributed by atoms with E-state index in [4.69, 9.17) is 0 Å². The minimum Gasteiger partial charge on any atom is -0.504 e. The number of pyridine rings is 1. The molecule has 0 atom stereocenters. The predicted octanol–water partition coefficient (Wildman–Crippen LogP) is 4.42. The standard InChI is InChI=1S/C18H25N3O2/c1-2-3-4-5-6-7-12-20-18(23)21-15-11-10-14-9-8-13-19-16(14)17(15)22/h8-11,13,22H,2-7,12H2,1H3,(H2,20,21,23). The lowest BCUT2D eigenvalue weighted by atomic mass is 10.1. The number of carbonyl (C=O) groups is 1. The zero-order valence-corrected chi connectivity index (χ0v) is 13.6. The van der Waals surface area contributed by atoms with E-state index in [0.29, 0.717) is 17.7 Å². The van der Waals surface area contributed by atoms with Crippen LogP contribution in [0.25, 0.3) is 10.9 Å². The van der Waals surface area contributed by atoms with E-state index in [9.17, 15) is 9.90 Å². The normalized spacial score (nSPS) is 10.7. The topological polar surface area (TPSA) is 74.2 Å². The summed E-state index contributed by atoms with van der Waals surface area (Å²) < 4.78 is 0. The van der Waals surface area contributed by atoms with Crippen LogP contribution in [0.2, 0.25) is 0 Å². The van der Waals surface area contributed by atoms with Crippen LogP contribution >= 0.6 is 0 Å². The van der Waals surface area contributed by atoms with Crippen LogP contribution in [-0.4, -0.2) is 22.7 Å². The van der Waals surface area contributed by atoms with Crippen LogP contribution < -0.4 is 10.6 Å². The first-order valence-corrected chi connectivity index (χ1v) is 8.34. The Balaban J connectivity index is 1.78. The Bertz CT molecular complexity index is 643. The van der Waals surface area contributed by atoms with Gasteiger partial charge in [-0.1, -0.05) is 51.2 Å². The minimum atomic E-state index is -0.302. The lowest BCUT2D eigenvalue weighted by Crippen LogP contribution is -2.29. The number of amides is 2. The van der Waals surface area contributed by atoms with Gasteiger partial charge in [-0.15, -0.1) is 0 Å². The lowest BCUT2D eigenvalue weighted by Gasteiger charge is -2.10. The molecule has 0 spiro atoms. The molecule has 0 saturated carbocycles. The van der Waals surface area contributed by atoms with Gasteiger partial charge in [0.15, 0.2) is 5.75 Å². The van der Waals surface area contributed by atoms with Crippen molar-refractivity contribution in [2.45, 2.75) is 45.4 Å². The van der Waals surface area contributed by atoms with Gasteiger partial charge in [0.05, 0.1) is 5.69 Å². The van der Waals surface area contributed by atoms with Crippen molar-refractivity contribution >= 4 is 22.6 Å². The van der Waals surface area contributed by atoms with Gasteiger partial charge in [0.1, 0.15) is 5.52 Å². The van der Waals surface area contributed by atoms with E-state index in [1.54, 1.807) is 12.3 Å². The number of unbranched alkanes of at least 4 members (excludes halogenated alkanes) is 5. The number of anilines is 1. The summed E-state index contributed by atoms with van der Waals surface area (Å²) >= 11 is 0. The molecule has 124 valence electrons. The van der Waals surface area contributed by atoms with Crippen LogP contribution in [-0.2, 0) is 0 Å². The Kier molecular flexibility index (Phi) is 6.66. The molecule has 2 rings (SSSR count). The number of nitrogens with one attached hydrogen (secondary N) is 2. The summed E-state index contributed by atoms with van der Waals surface area (Å²) in [7, 11) is 0. The van der Waals surface area contributed by atoms with E-state index < -0.39 is 0 Å². The van der Waals surface area contributed by atoms with Gasteiger partial charge in [-0.3, -0.25) is 4.98 Å². The molecule has 1 aromatic heterocycles. The number of phenolic OH excluding ortho intramolecular Hbond substituents is 1. The van der Waals surface area contributed by atoms with Crippen LogP contribution in [0.4, 0.5) is 10.5 Å². The second-order valence-electron chi connectivity index (χ2n) is 5.69. The summed E-state index contributed by atoms with van der Waals surface area (Å²) in [5.41, 5.74) is 0.859. The minimum absolute atomic E-state index is 0.00202. The molecule has 0 aliphatic rings. The second-order valence-corrected chi connectivity index (χ2v) is 5.69. The molecule has 2 amide bonds. The Labute approximate surface area is 137 Å². The monoisotopic (exact) mass is 315 g/mol. The fraction of sp³-hybridized carbons (Fsp3) is 0.444. The third-order valence-electron chi connectivity index (χ3n) is 3.81. The number of aromatic hydroxyl groups is 1. The van der Waals surface area contributed by atoms with Crippen molar-refractivity contribution in [3.05, 3.63) is 30.5 Å². The Morgan fingerprint density at radius 3 is 2.74 bits per heavy atom. The Hall–Kier alpha value is -2.30. The number of hydrogen-bond donors (Lipinski definition) is 3. The summed E-state index contributed by atoms with van der Waals surface area (Å²) in [6.07, 6.45) is 8.72. The zero-order chi connectivity index (χ0) is 16.5. The molecule has 0 bridgehead atoms. The van der Waals surface area contributed by atoms with Crippen LogP contribution in [0.3, 0.4) is 0 Å². The fourth-order valence-electron chi connectivity index (χ4n) is 2.50. The zero-order valence-electron chi connectivity index (χ0n) is 13.6. The van der Waals surface area contributed by atoms with E-state index in [2.05, 4.69) is 22.5 Å². The molecule has 23 heavy (non-hydrogen) atoms. The molecule has 1 heterocycles. The summed E-state index contributed by atoms with van der Waals surface area (Å²) in [5, 5.41) is 16.5. The summed E-state index contributed by atoms with van der Waals surface area (Å²) in [6, 6.07) is 6.88. The molecule has 0 unspecified atom stereocenters. The average Bonchev–Trinajstić information content (AvgIpc) is 2.57. The maximum Gasteiger partial charge on any atom is 0.319 e. The highest BCUT2D eigenvalue weighted by molar-refractivity contribution is 5.97. The maximum atomic E-state index is 11.9. The van der Waals surface area contributed by atoms with Crippen LogP contribution in [0.15, 0.2) is 30.5 Å². The predicted molar refractivity (Wildman–Crippen MR) is 93.8 cm³/mol. The van der Waals surface area contributed by atoms with Crippen LogP contribution in [0.5, 0.6) is 5.75 Å². The third-order valence-corrected chi connectivity index (χ3v) is 3.81. The quantitative estimate of drug-likeness (QED) is 0.498. The van der Waals surface area contributed by atoms with E-state index in [0.717, 1.165) is 18.2 Å². The SMILES string of the molecule is CCCCCCCCNC(=O)Nc1ccc2cccnc2c1O. The van der Waals surface area contributed by atoms with Gasteiger partial charge in [0.25, 0.3) is 0 Å². The number of fused-ring (bicyclic) bond motifs is 1. The number of aromatic nitrogens is 1. The van der Waals surface area contributed by atoms with E-state index in [1.165, 1.54) is 25.7 Å². The highest BCUT2D eigenvalue weighted by Gasteiger charge is 2.09. The molecule has 1 aromatic carbocycles. The lowest BCUT2D eigenvalue weighted by molar-refractivity contribution is 0.251. The van der Waals surface area contributed by atoms with E-state index in [1.807, 2.05) is 18.2 Å². The first kappa shape index (κ1) is 17.1. The van der Waals surface area contributed by atoms with Crippen molar-refractivity contribution in [3.63, 3.8) is 0 Å². The van der Waals surface area contributed by atoms with Crippen LogP contribution in [0.1, 0.15) is 45.4 Å². The molecule has 0 saturated heterocycles. The van der Waals surface area contributed by atoms with Crippen molar-refractivity contribution in [2.75, 3.05) is 11.9 Å². The molecule has 0 radical (unpaired) electrons. The van der Waals surface area contributed by atoms with Gasteiger partial charge >= 0.3 is 6.03 Å². The van der Waals surface area contributed by atoms with Gasteiger partial charge in [-0.05, 0) is 18.6 Å². The number of urea groups is 1. The van der Waals surface area contributed by atoms with E-state index >= 15 is 0 Å². The fourth-order valence-corrected chi connectivity index (χ4v) is 2.50. The van der Waals surface area contributed by atoms with Crippen molar-refractivity contribution in [3.8, 4) is 5.75 Å². The maximum absolute atomic E-state index is 11.9. The highest BCUT2D eigenvalue weighted by Crippen LogP contribution is 2.30. The van der Waals surface area contributed by atoms with Crippen molar-refractivity contribution in [1.29, 1.82) is 0 Å². The highest BCUT2D eigenvalue weighted by atomic mass is 16.3. The average molecular weight is 315 g/mol. The van der Waals surface area contributed by atoms with E-state index in [-0.39, 0.29) is 11.8 Å². The van der Waals surface area contributed by atoms with Crippen molar-refractivity contribution in [1.82, 2.24) is 10.3 Å². The first-order valence-electron chi connectivity index (χ1n) is 8.34. The Morgan fingerprint density at radius 2 is 1.91 bits per heavy atom. The number of carbonyl (C=O) groups excluding carboxylic acids is 1. The molecule has 5 heteroatoms. The molecule has 2 aromatic rings. The van der Waals surface area contributed by atoms with Gasteiger partial charge < -0.3 is 15.7 Å². The molecular formula is C18H25N3O2. The number of nitrogens with zero attached hydrogens (tertiary/aromatic N) is 1. The molecule has 0 fully saturated rings. The van der Waals surface area contributed by atoms with Crippen molar-refractivity contribution in [2.24, 2.45) is 0 Å². The van der Waals surface area contributed by atoms with Crippen molar-refractivity contribution < 1.29 is 9.90 Å². The van der Waals surface area contributed by atoms with Gasteiger partial charge in [-0.2, -0.15) is 0 Å². The van der Waals surface area contributed by atoms with Gasteiger partial charge in [-0.25, -0.2) is 4.79 Å². The molecule has 0 aliphatic heterocycles. The summed E-state index contributed by atoms with van der Waals surface area (Å²) in [4.78, 5) is 16.0. The summed E-state index contributed by atoms with van der Waals surface area (Å²) in [6.45, 7) is 2.84. The number of hydrogen-bond acceptors (Lipinski definition) is 3. The number of rotatable bonds is 8. The summed E-state index contributed by atoms with van der Waals surface area (Å²) in [5.74, 6) is -0.00202. The molecular weight excluding hydrogens is 290 g/mol. The molecule has 0 aliphatic carbocycles. The molecule has 3 N–H and O–H groups in total. The van der Waals surface area contributed by atoms with Crippen LogP contribution in [0, 0.1) is 0 Å². The smallest absolute Gasteiger partial charge is 0.319 e. The second kappa shape index (κ2) is 8.98. The number of benzene rings is 1. The largest absolute Gasteiger partial charge is 0.504 e. The first-order chi connectivity index (χ1) is 11.2. The van der Waals surface area contributed by atoms with Gasteiger partial charge in [0.2, 0.25) is 0 Å².